The van der Waals surface area contributed by atoms with Crippen molar-refractivity contribution in [2.24, 2.45) is 0 Å². The molecule has 3 N–H and O–H groups in total. The van der Waals surface area contributed by atoms with Gasteiger partial charge in [0, 0.05) is 30.9 Å². The highest BCUT2D eigenvalue weighted by molar-refractivity contribution is 6.09. The molecule has 0 saturated carbocycles. The van der Waals surface area contributed by atoms with Crippen LogP contribution in [-0.4, -0.2) is 33.9 Å². The van der Waals surface area contributed by atoms with Gasteiger partial charge >= 0.3 is 5.69 Å². The fourth-order valence-corrected chi connectivity index (χ4v) is 3.36. The first-order valence-electron chi connectivity index (χ1n) is 8.58. The second kappa shape index (κ2) is 6.60. The first kappa shape index (κ1) is 16.8. The summed E-state index contributed by atoms with van der Waals surface area (Å²) in [6.45, 7) is 1.63. The molecule has 0 spiro atoms. The molecule has 2 aromatic carbocycles. The SMILES string of the molecule is O=C(Nc1ccc2[nH]c(=O)[nH]c2c1)c1cc([N+](=O)[O-])ccc1N1CCCC1. The Bertz CT molecular complexity index is 1090. The molecule has 3 aromatic rings. The van der Waals surface area contributed by atoms with Gasteiger partial charge < -0.3 is 20.2 Å². The van der Waals surface area contributed by atoms with Crippen LogP contribution in [0, 0.1) is 10.1 Å². The molecule has 1 amide bonds. The quantitative estimate of drug-likeness (QED) is 0.483. The second-order valence-corrected chi connectivity index (χ2v) is 6.45. The van der Waals surface area contributed by atoms with E-state index in [0.717, 1.165) is 25.9 Å². The van der Waals surface area contributed by atoms with Gasteiger partial charge in [-0.2, -0.15) is 0 Å². The third kappa shape index (κ3) is 3.26. The number of nitro benzene ring substituents is 1. The molecule has 1 saturated heterocycles. The minimum absolute atomic E-state index is 0.131. The molecule has 1 aliphatic rings. The summed E-state index contributed by atoms with van der Waals surface area (Å²) in [6.07, 6.45) is 2.05. The van der Waals surface area contributed by atoms with Gasteiger partial charge in [-0.3, -0.25) is 14.9 Å². The van der Waals surface area contributed by atoms with Crippen LogP contribution in [0.15, 0.2) is 41.2 Å². The van der Waals surface area contributed by atoms with Crippen molar-refractivity contribution in [1.29, 1.82) is 0 Å². The topological polar surface area (TPSA) is 124 Å². The molecule has 9 heteroatoms. The summed E-state index contributed by atoms with van der Waals surface area (Å²) in [5.74, 6) is -0.433. The molecule has 1 aliphatic heterocycles. The summed E-state index contributed by atoms with van der Waals surface area (Å²) in [6, 6.07) is 9.33. The summed E-state index contributed by atoms with van der Waals surface area (Å²) in [7, 11) is 0. The van der Waals surface area contributed by atoms with Crippen LogP contribution in [0.25, 0.3) is 11.0 Å². The van der Waals surface area contributed by atoms with E-state index in [2.05, 4.69) is 20.2 Å². The number of benzene rings is 2. The first-order valence-corrected chi connectivity index (χ1v) is 8.58. The largest absolute Gasteiger partial charge is 0.371 e. The van der Waals surface area contributed by atoms with E-state index in [9.17, 15) is 19.7 Å². The molecule has 0 radical (unpaired) electrons. The molecule has 138 valence electrons. The number of imidazole rings is 1. The molecule has 0 atom stereocenters. The number of fused-ring (bicyclic) bond motifs is 1. The van der Waals surface area contributed by atoms with Crippen molar-refractivity contribution in [3.63, 3.8) is 0 Å². The van der Waals surface area contributed by atoms with Gasteiger partial charge in [0.05, 0.1) is 27.2 Å². The van der Waals surface area contributed by atoms with Crippen molar-refractivity contribution in [3.05, 3.63) is 62.6 Å². The third-order valence-electron chi connectivity index (χ3n) is 4.66. The van der Waals surface area contributed by atoms with Gasteiger partial charge in [0.2, 0.25) is 0 Å². The average molecular weight is 367 g/mol. The molecule has 9 nitrogen and oxygen atoms in total. The van der Waals surface area contributed by atoms with Crippen molar-refractivity contribution < 1.29 is 9.72 Å². The van der Waals surface area contributed by atoms with Gasteiger partial charge in [-0.15, -0.1) is 0 Å². The molecule has 0 unspecified atom stereocenters. The monoisotopic (exact) mass is 367 g/mol. The predicted molar refractivity (Wildman–Crippen MR) is 101 cm³/mol. The van der Waals surface area contributed by atoms with Crippen LogP contribution in [-0.2, 0) is 0 Å². The van der Waals surface area contributed by atoms with Crippen LogP contribution < -0.4 is 15.9 Å². The number of aromatic nitrogens is 2. The number of H-pyrrole nitrogens is 2. The molecule has 1 aromatic heterocycles. The number of nitro groups is 1. The van der Waals surface area contributed by atoms with Crippen LogP contribution in [0.1, 0.15) is 23.2 Å². The number of anilines is 2. The van der Waals surface area contributed by atoms with Gasteiger partial charge in [-0.25, -0.2) is 4.79 Å². The number of carbonyl (C=O) groups is 1. The molecular weight excluding hydrogens is 350 g/mol. The molecule has 0 aliphatic carbocycles. The minimum Gasteiger partial charge on any atom is -0.371 e. The number of nitrogens with one attached hydrogen (secondary N) is 3. The summed E-state index contributed by atoms with van der Waals surface area (Å²) < 4.78 is 0. The van der Waals surface area contributed by atoms with Gasteiger partial charge in [-0.1, -0.05) is 0 Å². The summed E-state index contributed by atoms with van der Waals surface area (Å²) in [5.41, 5.74) is 2.17. The molecule has 2 heterocycles. The number of rotatable bonds is 4. The van der Waals surface area contributed by atoms with E-state index in [0.29, 0.717) is 22.4 Å². The number of hydrogen-bond acceptors (Lipinski definition) is 5. The lowest BCUT2D eigenvalue weighted by Crippen LogP contribution is -2.23. The highest BCUT2D eigenvalue weighted by Crippen LogP contribution is 2.29. The van der Waals surface area contributed by atoms with Crippen molar-refractivity contribution in [1.82, 2.24) is 9.97 Å². The fourth-order valence-electron chi connectivity index (χ4n) is 3.36. The zero-order chi connectivity index (χ0) is 19.0. The van der Waals surface area contributed by atoms with E-state index in [1.807, 2.05) is 0 Å². The number of hydrogen-bond donors (Lipinski definition) is 3. The lowest BCUT2D eigenvalue weighted by atomic mass is 10.1. The Balaban J connectivity index is 1.68. The smallest absolute Gasteiger partial charge is 0.323 e. The second-order valence-electron chi connectivity index (χ2n) is 6.45. The number of amides is 1. The number of nitrogens with zero attached hydrogens (tertiary/aromatic N) is 2. The van der Waals surface area contributed by atoms with Gasteiger partial charge in [0.1, 0.15) is 0 Å². The van der Waals surface area contributed by atoms with E-state index in [4.69, 9.17) is 0 Å². The van der Waals surface area contributed by atoms with Gasteiger partial charge in [0.25, 0.3) is 11.6 Å². The van der Waals surface area contributed by atoms with Crippen LogP contribution in [0.2, 0.25) is 0 Å². The zero-order valence-corrected chi connectivity index (χ0v) is 14.3. The Morgan fingerprint density at radius 1 is 1.07 bits per heavy atom. The molecule has 1 fully saturated rings. The van der Waals surface area contributed by atoms with Crippen molar-refractivity contribution in [2.45, 2.75) is 12.8 Å². The van der Waals surface area contributed by atoms with Crippen molar-refractivity contribution >= 4 is 34.0 Å². The number of aromatic amines is 2. The number of non-ortho nitro benzene ring substituents is 1. The average Bonchev–Trinajstić information content (AvgIpc) is 3.29. The van der Waals surface area contributed by atoms with E-state index in [-0.39, 0.29) is 16.9 Å². The lowest BCUT2D eigenvalue weighted by Gasteiger charge is -2.20. The van der Waals surface area contributed by atoms with Crippen LogP contribution in [0.4, 0.5) is 17.1 Å². The van der Waals surface area contributed by atoms with E-state index in [1.165, 1.54) is 12.1 Å². The maximum absolute atomic E-state index is 12.9. The third-order valence-corrected chi connectivity index (χ3v) is 4.66. The first-order chi connectivity index (χ1) is 13.0. The highest BCUT2D eigenvalue weighted by atomic mass is 16.6. The lowest BCUT2D eigenvalue weighted by molar-refractivity contribution is -0.384. The van der Waals surface area contributed by atoms with Crippen molar-refractivity contribution in [3.8, 4) is 0 Å². The number of carbonyl (C=O) groups excluding carboxylic acids is 1. The summed E-state index contributed by atoms with van der Waals surface area (Å²) >= 11 is 0. The molecule has 0 bridgehead atoms. The highest BCUT2D eigenvalue weighted by Gasteiger charge is 2.22. The van der Waals surface area contributed by atoms with E-state index in [1.54, 1.807) is 24.3 Å². The Morgan fingerprint density at radius 3 is 2.56 bits per heavy atom. The Morgan fingerprint density at radius 2 is 1.81 bits per heavy atom. The minimum atomic E-state index is -0.513. The van der Waals surface area contributed by atoms with Gasteiger partial charge in [0.15, 0.2) is 0 Å². The fraction of sp³-hybridized carbons (Fsp3) is 0.222. The van der Waals surface area contributed by atoms with E-state index >= 15 is 0 Å². The summed E-state index contributed by atoms with van der Waals surface area (Å²) in [5, 5.41) is 13.9. The molecule has 27 heavy (non-hydrogen) atoms. The maximum atomic E-state index is 12.9. The van der Waals surface area contributed by atoms with Crippen LogP contribution >= 0.6 is 0 Å². The van der Waals surface area contributed by atoms with Gasteiger partial charge in [-0.05, 0) is 37.1 Å². The molecular formula is C18H17N5O4. The maximum Gasteiger partial charge on any atom is 0.323 e. The Hall–Kier alpha value is -3.62. The van der Waals surface area contributed by atoms with Crippen LogP contribution in [0.3, 0.4) is 0 Å². The zero-order valence-electron chi connectivity index (χ0n) is 14.3. The van der Waals surface area contributed by atoms with Crippen molar-refractivity contribution in [2.75, 3.05) is 23.3 Å². The summed E-state index contributed by atoms with van der Waals surface area (Å²) in [4.78, 5) is 42.2. The van der Waals surface area contributed by atoms with Crippen LogP contribution in [0.5, 0.6) is 0 Å². The standard InChI is InChI=1S/C18H17N5O4/c24-17(19-11-3-5-14-15(9-11)21-18(25)20-14)13-10-12(23(26)27)4-6-16(13)22-7-1-2-8-22/h3-6,9-10H,1-2,7-8H2,(H,19,24)(H2,20,21,25). The normalized spacial score (nSPS) is 13.9. The Kier molecular flexibility index (Phi) is 4.11. The molecule has 4 rings (SSSR count). The predicted octanol–water partition coefficient (Wildman–Crippen LogP) is 2.62. The Labute approximate surface area is 153 Å². The van der Waals surface area contributed by atoms with E-state index < -0.39 is 10.8 Å².